The second-order valence-corrected chi connectivity index (χ2v) is 8.98. The van der Waals surface area contributed by atoms with Crippen LogP contribution in [0.4, 0.5) is 0 Å². The van der Waals surface area contributed by atoms with E-state index in [-0.39, 0.29) is 11.9 Å². The molecule has 33 heavy (non-hydrogen) atoms. The van der Waals surface area contributed by atoms with Crippen LogP contribution in [0.3, 0.4) is 0 Å². The zero-order chi connectivity index (χ0) is 24.1. The van der Waals surface area contributed by atoms with E-state index in [2.05, 4.69) is 35.6 Å². The van der Waals surface area contributed by atoms with Crippen molar-refractivity contribution in [3.05, 3.63) is 48.0 Å². The first-order chi connectivity index (χ1) is 15.9. The molecular formula is C26H38N2O5. The van der Waals surface area contributed by atoms with Crippen molar-refractivity contribution in [2.24, 2.45) is 5.92 Å². The molecule has 2 saturated carbocycles. The first kappa shape index (κ1) is 26.6. The fourth-order valence-electron chi connectivity index (χ4n) is 4.87. The Morgan fingerprint density at radius 3 is 1.94 bits per heavy atom. The van der Waals surface area contributed by atoms with Gasteiger partial charge in [0.2, 0.25) is 5.91 Å². The maximum Gasteiger partial charge on any atom is 0.328 e. The maximum atomic E-state index is 12.9. The van der Waals surface area contributed by atoms with Crippen LogP contribution in [0.1, 0.15) is 75.8 Å². The van der Waals surface area contributed by atoms with E-state index < -0.39 is 11.9 Å². The highest BCUT2D eigenvalue weighted by atomic mass is 16.4. The summed E-state index contributed by atoms with van der Waals surface area (Å²) in [6, 6.07) is 11.4. The standard InChI is InChI=1S/C22H34N2O.C4H4O4/c1-24(21(25)17-23-20-15-9-4-10-16-20)22(18-11-5-2-6-12-18)19-13-7-3-8-14-19;5-3(6)1-2-4(7)8/h2,5-6,11-12,19-20,22-23H,3-4,7-10,13-17H2,1H3;1-2H,(H,5,6)(H,7,8)/b;2-1-. The predicted octanol–water partition coefficient (Wildman–Crippen LogP) is 4.40. The van der Waals surface area contributed by atoms with E-state index in [0.717, 1.165) is 0 Å². The lowest BCUT2D eigenvalue weighted by Gasteiger charge is -2.37. The molecule has 1 atom stereocenters. The average molecular weight is 459 g/mol. The lowest BCUT2D eigenvalue weighted by Crippen LogP contribution is -2.44. The molecule has 2 fully saturated rings. The van der Waals surface area contributed by atoms with Gasteiger partial charge in [0.25, 0.3) is 0 Å². The van der Waals surface area contributed by atoms with Gasteiger partial charge in [-0.15, -0.1) is 0 Å². The second-order valence-electron chi connectivity index (χ2n) is 8.98. The summed E-state index contributed by atoms with van der Waals surface area (Å²) < 4.78 is 0. The molecule has 0 heterocycles. The molecule has 2 aliphatic carbocycles. The van der Waals surface area contributed by atoms with Crippen LogP contribution >= 0.6 is 0 Å². The van der Waals surface area contributed by atoms with Crippen molar-refractivity contribution in [3.8, 4) is 0 Å². The number of amides is 1. The Hall–Kier alpha value is -2.67. The number of nitrogens with zero attached hydrogens (tertiary/aromatic N) is 1. The topological polar surface area (TPSA) is 107 Å². The Kier molecular flexibility index (Phi) is 11.7. The third kappa shape index (κ3) is 9.78. The molecule has 0 saturated heterocycles. The summed E-state index contributed by atoms with van der Waals surface area (Å²) in [6.45, 7) is 0.483. The third-order valence-corrected chi connectivity index (χ3v) is 6.56. The van der Waals surface area contributed by atoms with E-state index in [1.54, 1.807) is 0 Å². The van der Waals surface area contributed by atoms with Crippen LogP contribution in [0, 0.1) is 5.92 Å². The predicted molar refractivity (Wildman–Crippen MR) is 128 cm³/mol. The number of likely N-dealkylation sites (N-methyl/N-ethyl adjacent to an activating group) is 1. The van der Waals surface area contributed by atoms with E-state index in [9.17, 15) is 14.4 Å². The van der Waals surface area contributed by atoms with Crippen molar-refractivity contribution in [1.82, 2.24) is 10.2 Å². The van der Waals surface area contributed by atoms with Gasteiger partial charge >= 0.3 is 11.9 Å². The van der Waals surface area contributed by atoms with E-state index in [1.807, 2.05) is 11.9 Å². The van der Waals surface area contributed by atoms with Crippen LogP contribution < -0.4 is 5.32 Å². The third-order valence-electron chi connectivity index (χ3n) is 6.56. The fourth-order valence-corrected chi connectivity index (χ4v) is 4.87. The molecule has 3 N–H and O–H groups in total. The SMILES string of the molecule is CN(C(=O)CNC1CCCCC1)C(c1ccccc1)C1CCCCC1.O=C(O)/C=C\C(=O)O. The molecule has 0 aliphatic heterocycles. The minimum atomic E-state index is -1.26. The summed E-state index contributed by atoms with van der Waals surface area (Å²) in [7, 11) is 2.01. The Balaban J connectivity index is 0.000000414. The van der Waals surface area contributed by atoms with Crippen molar-refractivity contribution < 1.29 is 24.6 Å². The number of benzene rings is 1. The lowest BCUT2D eigenvalue weighted by molar-refractivity contribution is -0.134. The highest BCUT2D eigenvalue weighted by molar-refractivity contribution is 5.89. The molecule has 182 valence electrons. The van der Waals surface area contributed by atoms with Crippen LogP contribution in [0.2, 0.25) is 0 Å². The molecule has 3 rings (SSSR count). The summed E-state index contributed by atoms with van der Waals surface area (Å²) in [5.41, 5.74) is 1.29. The summed E-state index contributed by atoms with van der Waals surface area (Å²) in [5.74, 6) is -1.68. The number of carboxylic acids is 2. The number of nitrogens with one attached hydrogen (secondary N) is 1. The number of rotatable bonds is 8. The molecule has 0 bridgehead atoms. The smallest absolute Gasteiger partial charge is 0.328 e. The van der Waals surface area contributed by atoms with Gasteiger partial charge in [-0.05, 0) is 37.2 Å². The van der Waals surface area contributed by atoms with Crippen molar-refractivity contribution >= 4 is 17.8 Å². The molecule has 0 spiro atoms. The zero-order valence-corrected chi connectivity index (χ0v) is 19.6. The van der Waals surface area contributed by atoms with Gasteiger partial charge in [0, 0.05) is 25.2 Å². The Morgan fingerprint density at radius 2 is 1.42 bits per heavy atom. The fraction of sp³-hybridized carbons (Fsp3) is 0.577. The van der Waals surface area contributed by atoms with Gasteiger partial charge in [-0.3, -0.25) is 4.79 Å². The second kappa shape index (κ2) is 14.5. The summed E-state index contributed by atoms with van der Waals surface area (Å²) in [6.07, 6.45) is 14.0. The largest absolute Gasteiger partial charge is 0.478 e. The molecule has 1 aromatic rings. The molecule has 0 aromatic heterocycles. The molecule has 1 amide bonds. The van der Waals surface area contributed by atoms with Crippen LogP contribution in [0.5, 0.6) is 0 Å². The van der Waals surface area contributed by atoms with E-state index in [1.165, 1.54) is 69.8 Å². The Labute approximate surface area is 196 Å². The zero-order valence-electron chi connectivity index (χ0n) is 19.6. The molecule has 7 heteroatoms. The number of carboxylic acid groups (broad SMARTS) is 2. The molecule has 0 radical (unpaired) electrons. The van der Waals surface area contributed by atoms with E-state index >= 15 is 0 Å². The number of hydrogen-bond acceptors (Lipinski definition) is 4. The monoisotopic (exact) mass is 458 g/mol. The first-order valence-electron chi connectivity index (χ1n) is 12.1. The number of carbonyl (C=O) groups excluding carboxylic acids is 1. The molecule has 1 unspecified atom stereocenters. The lowest BCUT2D eigenvalue weighted by atomic mass is 9.80. The summed E-state index contributed by atoms with van der Waals surface area (Å²) in [5, 5.41) is 19.1. The summed E-state index contributed by atoms with van der Waals surface area (Å²) in [4.78, 5) is 34.0. The highest BCUT2D eigenvalue weighted by Gasteiger charge is 2.30. The van der Waals surface area contributed by atoms with Crippen LogP contribution in [-0.4, -0.2) is 52.6 Å². The van der Waals surface area contributed by atoms with Crippen LogP contribution in [0.15, 0.2) is 42.5 Å². The molecule has 2 aliphatic rings. The van der Waals surface area contributed by atoms with Crippen molar-refractivity contribution in [2.45, 2.75) is 76.3 Å². The molecule has 7 nitrogen and oxygen atoms in total. The van der Waals surface area contributed by atoms with Gasteiger partial charge in [0.15, 0.2) is 0 Å². The van der Waals surface area contributed by atoms with Gasteiger partial charge in [-0.1, -0.05) is 68.9 Å². The Bertz CT molecular complexity index is 752. The minimum Gasteiger partial charge on any atom is -0.478 e. The van der Waals surface area contributed by atoms with Gasteiger partial charge < -0.3 is 20.4 Å². The average Bonchev–Trinajstić information content (AvgIpc) is 2.84. The highest BCUT2D eigenvalue weighted by Crippen LogP contribution is 2.37. The summed E-state index contributed by atoms with van der Waals surface area (Å²) >= 11 is 0. The number of hydrogen-bond donors (Lipinski definition) is 3. The Morgan fingerprint density at radius 1 is 0.909 bits per heavy atom. The first-order valence-corrected chi connectivity index (χ1v) is 12.1. The number of carbonyl (C=O) groups is 3. The van der Waals surface area contributed by atoms with Crippen LogP contribution in [0.25, 0.3) is 0 Å². The van der Waals surface area contributed by atoms with Gasteiger partial charge in [0.1, 0.15) is 0 Å². The minimum absolute atomic E-state index is 0.224. The number of aliphatic carboxylic acids is 2. The van der Waals surface area contributed by atoms with Crippen molar-refractivity contribution in [1.29, 1.82) is 0 Å². The van der Waals surface area contributed by atoms with Gasteiger partial charge in [0.05, 0.1) is 12.6 Å². The van der Waals surface area contributed by atoms with Crippen molar-refractivity contribution in [2.75, 3.05) is 13.6 Å². The van der Waals surface area contributed by atoms with Crippen molar-refractivity contribution in [3.63, 3.8) is 0 Å². The maximum absolute atomic E-state index is 12.9. The molecular weight excluding hydrogens is 420 g/mol. The molecule has 1 aromatic carbocycles. The van der Waals surface area contributed by atoms with E-state index in [0.29, 0.717) is 30.7 Å². The van der Waals surface area contributed by atoms with E-state index in [4.69, 9.17) is 10.2 Å². The van der Waals surface area contributed by atoms with Gasteiger partial charge in [-0.2, -0.15) is 0 Å². The van der Waals surface area contributed by atoms with Crippen LogP contribution in [-0.2, 0) is 14.4 Å². The van der Waals surface area contributed by atoms with Gasteiger partial charge in [-0.25, -0.2) is 9.59 Å². The quantitative estimate of drug-likeness (QED) is 0.499. The normalized spacial score (nSPS) is 18.2.